The zero-order valence-corrected chi connectivity index (χ0v) is 12.1. The number of hydrogen-bond acceptors (Lipinski definition) is 3. The summed E-state index contributed by atoms with van der Waals surface area (Å²) in [6, 6.07) is 5.79. The van der Waals surface area contributed by atoms with E-state index in [1.165, 1.54) is 0 Å². The summed E-state index contributed by atoms with van der Waals surface area (Å²) in [5, 5.41) is 0. The van der Waals surface area contributed by atoms with E-state index in [1.807, 2.05) is 25.2 Å². The van der Waals surface area contributed by atoms with Gasteiger partial charge in [-0.05, 0) is 49.7 Å². The molecule has 0 saturated carbocycles. The second kappa shape index (κ2) is 6.20. The Morgan fingerprint density at radius 2 is 2.21 bits per heavy atom. The summed E-state index contributed by atoms with van der Waals surface area (Å²) < 4.78 is 5.46. The Hall–Kier alpha value is -1.35. The predicted octanol–water partition coefficient (Wildman–Crippen LogP) is 2.78. The van der Waals surface area contributed by atoms with Crippen molar-refractivity contribution in [1.82, 2.24) is 4.90 Å². The minimum absolute atomic E-state index is 0.195. The van der Waals surface area contributed by atoms with E-state index >= 15 is 0 Å². The highest BCUT2D eigenvalue weighted by Crippen LogP contribution is 2.26. The van der Waals surface area contributed by atoms with Gasteiger partial charge in [-0.15, -0.1) is 0 Å². The van der Waals surface area contributed by atoms with Crippen LogP contribution < -0.4 is 4.74 Å². The molecule has 0 radical (unpaired) electrons. The van der Waals surface area contributed by atoms with Gasteiger partial charge < -0.3 is 4.74 Å². The summed E-state index contributed by atoms with van der Waals surface area (Å²) >= 11 is 0. The quantitative estimate of drug-likeness (QED) is 0.737. The molecule has 0 spiro atoms. The topological polar surface area (TPSA) is 29.5 Å². The largest absolute Gasteiger partial charge is 0.493 e. The average molecular weight is 261 g/mol. The molecule has 0 aliphatic carbocycles. The number of ether oxygens (including phenoxy) is 1. The molecule has 0 saturated heterocycles. The van der Waals surface area contributed by atoms with Crippen molar-refractivity contribution in [3.63, 3.8) is 0 Å². The van der Waals surface area contributed by atoms with Gasteiger partial charge in [0.15, 0.2) is 5.78 Å². The fraction of sp³-hybridized carbons (Fsp3) is 0.562. The first-order chi connectivity index (χ1) is 9.06. The van der Waals surface area contributed by atoms with Crippen LogP contribution >= 0.6 is 0 Å². The van der Waals surface area contributed by atoms with E-state index in [1.54, 1.807) is 0 Å². The molecule has 0 atom stereocenters. The number of hydrogen-bond donors (Lipinski definition) is 0. The minimum Gasteiger partial charge on any atom is -0.493 e. The molecule has 0 aromatic heterocycles. The molecule has 0 fully saturated rings. The van der Waals surface area contributed by atoms with E-state index in [0.717, 1.165) is 42.9 Å². The first-order valence-corrected chi connectivity index (χ1v) is 7.03. The first-order valence-electron chi connectivity index (χ1n) is 7.03. The van der Waals surface area contributed by atoms with Crippen LogP contribution in [0.2, 0.25) is 0 Å². The lowest BCUT2D eigenvalue weighted by Gasteiger charge is -2.17. The molecule has 1 aliphatic heterocycles. The number of carbonyl (C=O) groups is 1. The summed E-state index contributed by atoms with van der Waals surface area (Å²) in [6.07, 6.45) is 2.04. The van der Waals surface area contributed by atoms with Crippen LogP contribution in [0.3, 0.4) is 0 Å². The van der Waals surface area contributed by atoms with Crippen LogP contribution in [0.15, 0.2) is 18.2 Å². The third-order valence-corrected chi connectivity index (χ3v) is 3.51. The summed E-state index contributed by atoms with van der Waals surface area (Å²) in [7, 11) is 2.01. The Morgan fingerprint density at radius 3 is 2.95 bits per heavy atom. The fourth-order valence-electron chi connectivity index (χ4n) is 2.25. The number of nitrogens with zero attached hydrogens (tertiary/aromatic N) is 1. The van der Waals surface area contributed by atoms with E-state index in [9.17, 15) is 4.79 Å². The Kier molecular flexibility index (Phi) is 4.59. The van der Waals surface area contributed by atoms with E-state index < -0.39 is 0 Å². The minimum atomic E-state index is 0.195. The Morgan fingerprint density at radius 1 is 1.42 bits per heavy atom. The van der Waals surface area contributed by atoms with Gasteiger partial charge in [0.2, 0.25) is 0 Å². The van der Waals surface area contributed by atoms with Gasteiger partial charge in [-0.25, -0.2) is 0 Å². The Bertz CT molecular complexity index is 454. The SMILES string of the molecule is CC(C)CCN(C)CC(=O)c1ccc2c(c1)CCO2. The van der Waals surface area contributed by atoms with Crippen molar-refractivity contribution in [2.45, 2.75) is 26.7 Å². The van der Waals surface area contributed by atoms with Crippen molar-refractivity contribution in [2.75, 3.05) is 26.7 Å². The maximum absolute atomic E-state index is 12.2. The normalized spacial score (nSPS) is 13.7. The Balaban J connectivity index is 1.92. The van der Waals surface area contributed by atoms with Crippen molar-refractivity contribution in [1.29, 1.82) is 0 Å². The number of rotatable bonds is 6. The lowest BCUT2D eigenvalue weighted by atomic mass is 10.0. The smallest absolute Gasteiger partial charge is 0.176 e. The van der Waals surface area contributed by atoms with Gasteiger partial charge in [0.1, 0.15) is 5.75 Å². The molecular formula is C16H23NO2. The summed E-state index contributed by atoms with van der Waals surface area (Å²) in [4.78, 5) is 14.3. The zero-order chi connectivity index (χ0) is 13.8. The molecule has 104 valence electrons. The first kappa shape index (κ1) is 14.1. The Labute approximate surface area is 115 Å². The standard InChI is InChI=1S/C16H23NO2/c1-12(2)6-8-17(3)11-15(18)13-4-5-16-14(10-13)7-9-19-16/h4-5,10,12H,6-9,11H2,1-3H3. The average Bonchev–Trinajstić information content (AvgIpc) is 2.83. The molecule has 0 bridgehead atoms. The number of carbonyl (C=O) groups excluding carboxylic acids is 1. The van der Waals surface area contributed by atoms with E-state index in [2.05, 4.69) is 18.7 Å². The zero-order valence-electron chi connectivity index (χ0n) is 12.1. The molecule has 1 heterocycles. The van der Waals surface area contributed by atoms with Crippen LogP contribution in [-0.2, 0) is 6.42 Å². The second-order valence-electron chi connectivity index (χ2n) is 5.76. The van der Waals surface area contributed by atoms with Crippen molar-refractivity contribution < 1.29 is 9.53 Å². The molecule has 0 amide bonds. The predicted molar refractivity (Wildman–Crippen MR) is 76.9 cm³/mol. The van der Waals surface area contributed by atoms with Gasteiger partial charge in [0.25, 0.3) is 0 Å². The number of ketones is 1. The van der Waals surface area contributed by atoms with E-state index in [0.29, 0.717) is 12.5 Å². The van der Waals surface area contributed by atoms with Gasteiger partial charge in [0, 0.05) is 12.0 Å². The van der Waals surface area contributed by atoms with Crippen LogP contribution in [0, 0.1) is 5.92 Å². The fourth-order valence-corrected chi connectivity index (χ4v) is 2.25. The molecular weight excluding hydrogens is 238 g/mol. The van der Waals surface area contributed by atoms with Gasteiger partial charge in [-0.2, -0.15) is 0 Å². The molecule has 2 rings (SSSR count). The van der Waals surface area contributed by atoms with Crippen molar-refractivity contribution in [3.05, 3.63) is 29.3 Å². The molecule has 1 aromatic rings. The van der Waals surface area contributed by atoms with Crippen molar-refractivity contribution in [3.8, 4) is 5.75 Å². The molecule has 0 N–H and O–H groups in total. The highest BCUT2D eigenvalue weighted by molar-refractivity contribution is 5.98. The highest BCUT2D eigenvalue weighted by Gasteiger charge is 2.16. The van der Waals surface area contributed by atoms with Crippen LogP contribution in [0.5, 0.6) is 5.75 Å². The molecule has 1 aromatic carbocycles. The van der Waals surface area contributed by atoms with Crippen LogP contribution in [0.4, 0.5) is 0 Å². The number of benzene rings is 1. The van der Waals surface area contributed by atoms with Gasteiger partial charge >= 0.3 is 0 Å². The molecule has 3 nitrogen and oxygen atoms in total. The second-order valence-corrected chi connectivity index (χ2v) is 5.76. The monoisotopic (exact) mass is 261 g/mol. The summed E-state index contributed by atoms with van der Waals surface area (Å²) in [5.41, 5.74) is 1.97. The lowest BCUT2D eigenvalue weighted by Crippen LogP contribution is -2.27. The van der Waals surface area contributed by atoms with Crippen LogP contribution in [0.1, 0.15) is 36.2 Å². The maximum atomic E-state index is 12.2. The van der Waals surface area contributed by atoms with Crippen molar-refractivity contribution >= 4 is 5.78 Å². The summed E-state index contributed by atoms with van der Waals surface area (Å²) in [6.45, 7) is 6.61. The van der Waals surface area contributed by atoms with Crippen LogP contribution in [-0.4, -0.2) is 37.4 Å². The van der Waals surface area contributed by atoms with Gasteiger partial charge in [-0.3, -0.25) is 9.69 Å². The van der Waals surface area contributed by atoms with Crippen molar-refractivity contribution in [2.24, 2.45) is 5.92 Å². The lowest BCUT2D eigenvalue weighted by molar-refractivity contribution is 0.0943. The number of Topliss-reactive ketones (excluding diaryl/α,β-unsaturated/α-hetero) is 1. The van der Waals surface area contributed by atoms with E-state index in [-0.39, 0.29) is 5.78 Å². The summed E-state index contributed by atoms with van der Waals surface area (Å²) in [5.74, 6) is 1.81. The van der Waals surface area contributed by atoms with Crippen LogP contribution in [0.25, 0.3) is 0 Å². The molecule has 19 heavy (non-hydrogen) atoms. The third kappa shape index (κ3) is 3.80. The molecule has 1 aliphatic rings. The number of fused-ring (bicyclic) bond motifs is 1. The molecule has 3 heteroatoms. The van der Waals surface area contributed by atoms with E-state index in [4.69, 9.17) is 4.74 Å². The van der Waals surface area contributed by atoms with Gasteiger partial charge in [0.05, 0.1) is 13.2 Å². The third-order valence-electron chi connectivity index (χ3n) is 3.51. The number of likely N-dealkylation sites (N-methyl/N-ethyl adjacent to an activating group) is 1. The molecule has 0 unspecified atom stereocenters. The highest BCUT2D eigenvalue weighted by atomic mass is 16.5. The maximum Gasteiger partial charge on any atom is 0.176 e. The van der Waals surface area contributed by atoms with Gasteiger partial charge in [-0.1, -0.05) is 13.8 Å².